The average Bonchev–Trinajstić information content (AvgIpc) is 2.91. The Balaban J connectivity index is 1.37. The Kier molecular flexibility index (Phi) is 7.29. The fourth-order valence-electron chi connectivity index (χ4n) is 5.33. The van der Waals surface area contributed by atoms with Crippen LogP contribution in [0.25, 0.3) is 10.9 Å². The van der Waals surface area contributed by atoms with Crippen molar-refractivity contribution in [2.45, 2.75) is 51.5 Å². The molecule has 2 atom stereocenters. The minimum absolute atomic E-state index is 0.0688. The number of hydrogen-bond acceptors (Lipinski definition) is 5. The molecule has 0 bridgehead atoms. The molecule has 9 heteroatoms. The second-order valence-electron chi connectivity index (χ2n) is 9.80. The zero-order valence-corrected chi connectivity index (χ0v) is 21.8. The van der Waals surface area contributed by atoms with E-state index in [1.807, 2.05) is 19.9 Å². The molecular weight excluding hydrogens is 495 g/mol. The van der Waals surface area contributed by atoms with E-state index < -0.39 is 0 Å². The lowest BCUT2D eigenvalue weighted by atomic mass is 9.84. The molecule has 2 unspecified atom stereocenters. The number of carbonyl (C=O) groups is 2. The summed E-state index contributed by atoms with van der Waals surface area (Å²) in [5, 5.41) is 1.45. The van der Waals surface area contributed by atoms with Crippen LogP contribution in [0.4, 0.5) is 9.18 Å². The number of rotatable bonds is 4. The van der Waals surface area contributed by atoms with E-state index in [2.05, 4.69) is 4.98 Å². The summed E-state index contributed by atoms with van der Waals surface area (Å²) in [7, 11) is 0. The molecule has 0 spiro atoms. The van der Waals surface area contributed by atoms with Crippen LogP contribution in [0.1, 0.15) is 59.9 Å². The number of nitrogens with zero attached hydrogens (tertiary/aromatic N) is 4. The summed E-state index contributed by atoms with van der Waals surface area (Å²) < 4.78 is 19.6. The van der Waals surface area contributed by atoms with Crippen molar-refractivity contribution in [2.75, 3.05) is 26.2 Å². The Morgan fingerprint density at radius 2 is 2.08 bits per heavy atom. The summed E-state index contributed by atoms with van der Waals surface area (Å²) in [6, 6.07) is 8.30. The first-order valence-electron chi connectivity index (χ1n) is 12.8. The van der Waals surface area contributed by atoms with Crippen LogP contribution in [0.15, 0.2) is 36.5 Å². The maximum atomic E-state index is 14.4. The Hall–Kier alpha value is -3.26. The van der Waals surface area contributed by atoms with E-state index in [9.17, 15) is 14.0 Å². The highest BCUT2D eigenvalue weighted by molar-refractivity contribution is 6.36. The Morgan fingerprint density at radius 3 is 2.84 bits per heavy atom. The summed E-state index contributed by atoms with van der Waals surface area (Å²) in [6.45, 7) is 5.54. The first kappa shape index (κ1) is 25.4. The number of aromatic nitrogens is 2. The molecule has 0 radical (unpaired) electrons. The van der Waals surface area contributed by atoms with Gasteiger partial charge in [0.05, 0.1) is 22.8 Å². The molecule has 2 aliphatic rings. The largest absolute Gasteiger partial charge is 0.449 e. The fraction of sp³-hybridized carbons (Fsp3) is 0.429. The first-order valence-corrected chi connectivity index (χ1v) is 13.2. The van der Waals surface area contributed by atoms with Gasteiger partial charge in [0.15, 0.2) is 0 Å². The predicted molar refractivity (Wildman–Crippen MR) is 139 cm³/mol. The van der Waals surface area contributed by atoms with E-state index in [1.54, 1.807) is 34.2 Å². The van der Waals surface area contributed by atoms with Gasteiger partial charge < -0.3 is 14.5 Å². The SMILES string of the molecule is CCCOC(=O)N1CCN(C(=O)c2ccc3c(Cl)c4c(nc3c2)CC(c2ncccc2F)CC4)C(C)C1. The van der Waals surface area contributed by atoms with Crippen molar-refractivity contribution < 1.29 is 18.7 Å². The molecule has 3 aromatic rings. The normalized spacial score (nSPS) is 19.6. The zero-order valence-electron chi connectivity index (χ0n) is 21.0. The number of ether oxygens (including phenoxy) is 1. The van der Waals surface area contributed by atoms with Gasteiger partial charge in [-0.3, -0.25) is 14.8 Å². The molecule has 2 aromatic heterocycles. The predicted octanol–water partition coefficient (Wildman–Crippen LogP) is 5.39. The molecule has 0 saturated carbocycles. The standard InChI is InChI=1S/C28H30ClFN4O3/c1-3-13-37-28(36)33-11-12-34(17(2)16-33)27(35)19-7-9-21-24(15-19)32-23-14-18(6-8-20(23)25(21)29)26-22(30)5-4-10-31-26/h4-5,7,9-10,15,17-18H,3,6,8,11-14,16H2,1-2H3. The quantitative estimate of drug-likeness (QED) is 0.457. The lowest BCUT2D eigenvalue weighted by Crippen LogP contribution is -2.55. The summed E-state index contributed by atoms with van der Waals surface area (Å²) in [6.07, 6.45) is 4.04. The molecule has 1 fully saturated rings. The van der Waals surface area contributed by atoms with Gasteiger partial charge in [-0.2, -0.15) is 0 Å². The van der Waals surface area contributed by atoms with E-state index in [-0.39, 0.29) is 29.8 Å². The lowest BCUT2D eigenvalue weighted by molar-refractivity contribution is 0.0414. The Labute approximate surface area is 220 Å². The minimum Gasteiger partial charge on any atom is -0.449 e. The lowest BCUT2D eigenvalue weighted by Gasteiger charge is -2.39. The summed E-state index contributed by atoms with van der Waals surface area (Å²) in [5.74, 6) is -0.482. The van der Waals surface area contributed by atoms with E-state index in [1.165, 1.54) is 6.07 Å². The van der Waals surface area contributed by atoms with Crippen LogP contribution in [-0.4, -0.2) is 64.1 Å². The second-order valence-corrected chi connectivity index (χ2v) is 10.2. The van der Waals surface area contributed by atoms with Crippen LogP contribution in [0.5, 0.6) is 0 Å². The van der Waals surface area contributed by atoms with Crippen molar-refractivity contribution in [3.05, 3.63) is 69.9 Å². The van der Waals surface area contributed by atoms with E-state index in [4.69, 9.17) is 21.3 Å². The molecular formula is C28H30ClFN4O3. The highest BCUT2D eigenvalue weighted by atomic mass is 35.5. The summed E-state index contributed by atoms with van der Waals surface area (Å²) in [5.41, 5.74) is 3.44. The van der Waals surface area contributed by atoms with Gasteiger partial charge in [0, 0.05) is 54.4 Å². The molecule has 1 aromatic carbocycles. The van der Waals surface area contributed by atoms with Crippen LogP contribution in [0.2, 0.25) is 5.02 Å². The van der Waals surface area contributed by atoms with Crippen LogP contribution >= 0.6 is 11.6 Å². The van der Waals surface area contributed by atoms with Crippen molar-refractivity contribution >= 4 is 34.5 Å². The van der Waals surface area contributed by atoms with Crippen molar-refractivity contribution in [3.8, 4) is 0 Å². The smallest absolute Gasteiger partial charge is 0.409 e. The number of halogens is 2. The monoisotopic (exact) mass is 524 g/mol. The molecule has 1 saturated heterocycles. The number of hydrogen-bond donors (Lipinski definition) is 0. The second kappa shape index (κ2) is 10.6. The number of amides is 2. The third-order valence-electron chi connectivity index (χ3n) is 7.28. The van der Waals surface area contributed by atoms with Gasteiger partial charge in [-0.05, 0) is 62.4 Å². The molecule has 0 N–H and O–H groups in total. The van der Waals surface area contributed by atoms with E-state index >= 15 is 0 Å². The van der Waals surface area contributed by atoms with Crippen LogP contribution in [-0.2, 0) is 17.6 Å². The summed E-state index contributed by atoms with van der Waals surface area (Å²) >= 11 is 6.80. The fourth-order valence-corrected chi connectivity index (χ4v) is 5.69. The number of piperazine rings is 1. The van der Waals surface area contributed by atoms with E-state index in [0.717, 1.165) is 29.5 Å². The third kappa shape index (κ3) is 4.99. The van der Waals surface area contributed by atoms with Gasteiger partial charge in [0.2, 0.25) is 0 Å². The zero-order chi connectivity index (χ0) is 26.1. The number of pyridine rings is 2. The molecule has 2 amide bonds. The first-order chi connectivity index (χ1) is 17.9. The molecule has 1 aliphatic carbocycles. The third-order valence-corrected chi connectivity index (χ3v) is 7.71. The molecule has 7 nitrogen and oxygen atoms in total. The maximum absolute atomic E-state index is 14.4. The van der Waals surface area contributed by atoms with Gasteiger partial charge in [-0.1, -0.05) is 24.6 Å². The topological polar surface area (TPSA) is 75.6 Å². The molecule has 1 aliphatic heterocycles. The van der Waals surface area contributed by atoms with Gasteiger partial charge in [-0.15, -0.1) is 0 Å². The molecule has 3 heterocycles. The average molecular weight is 525 g/mol. The van der Waals surface area contributed by atoms with Crippen molar-refractivity contribution in [1.82, 2.24) is 19.8 Å². The maximum Gasteiger partial charge on any atom is 0.409 e. The highest BCUT2D eigenvalue weighted by Crippen LogP contribution is 2.38. The van der Waals surface area contributed by atoms with Crippen molar-refractivity contribution in [1.29, 1.82) is 0 Å². The Morgan fingerprint density at radius 1 is 1.24 bits per heavy atom. The summed E-state index contributed by atoms with van der Waals surface area (Å²) in [4.78, 5) is 38.2. The van der Waals surface area contributed by atoms with Gasteiger partial charge in [0.25, 0.3) is 5.91 Å². The van der Waals surface area contributed by atoms with Gasteiger partial charge >= 0.3 is 6.09 Å². The Bertz CT molecular complexity index is 1350. The molecule has 194 valence electrons. The van der Waals surface area contributed by atoms with Gasteiger partial charge in [-0.25, -0.2) is 9.18 Å². The van der Waals surface area contributed by atoms with E-state index in [0.29, 0.717) is 60.9 Å². The molecule has 5 rings (SSSR count). The van der Waals surface area contributed by atoms with Crippen molar-refractivity contribution in [3.63, 3.8) is 0 Å². The van der Waals surface area contributed by atoms with Crippen LogP contribution in [0.3, 0.4) is 0 Å². The van der Waals surface area contributed by atoms with Gasteiger partial charge in [0.1, 0.15) is 5.82 Å². The number of fused-ring (bicyclic) bond motifs is 2. The van der Waals surface area contributed by atoms with Crippen molar-refractivity contribution in [2.24, 2.45) is 0 Å². The number of benzene rings is 1. The van der Waals surface area contributed by atoms with Crippen LogP contribution < -0.4 is 0 Å². The highest BCUT2D eigenvalue weighted by Gasteiger charge is 2.32. The number of carbonyl (C=O) groups excluding carboxylic acids is 2. The van der Waals surface area contributed by atoms with Crippen LogP contribution in [0, 0.1) is 5.82 Å². The molecule has 37 heavy (non-hydrogen) atoms. The minimum atomic E-state index is -0.334.